The number of nitrogens with one attached hydrogen (secondary N) is 1. The van der Waals surface area contributed by atoms with Crippen LogP contribution in [0.15, 0.2) is 182 Å². The molecule has 1 amide bonds. The van der Waals surface area contributed by atoms with Gasteiger partial charge in [-0.05, 0) is 33.4 Å². The lowest BCUT2D eigenvalue weighted by molar-refractivity contribution is -0.333. The van der Waals surface area contributed by atoms with Crippen LogP contribution in [0.1, 0.15) is 40.3 Å². The van der Waals surface area contributed by atoms with Crippen molar-refractivity contribution in [2.75, 3.05) is 13.2 Å². The summed E-state index contributed by atoms with van der Waals surface area (Å²) in [5.41, 5.74) is 5.67. The van der Waals surface area contributed by atoms with Gasteiger partial charge in [0.25, 0.3) is 0 Å². The molecular formula is C56H61NO11. The fourth-order valence-electron chi connectivity index (χ4n) is 8.46. The second-order valence-electron chi connectivity index (χ2n) is 17.0. The van der Waals surface area contributed by atoms with E-state index in [0.717, 1.165) is 33.4 Å². The maximum Gasteiger partial charge on any atom is 0.217 e. The molecule has 2 N–H and O–H groups in total. The van der Waals surface area contributed by atoms with Gasteiger partial charge in [-0.2, -0.15) is 0 Å². The molecule has 6 aromatic rings. The Morgan fingerprint density at radius 1 is 0.426 bits per heavy atom. The average molecular weight is 924 g/mol. The first-order valence-corrected chi connectivity index (χ1v) is 23.2. The van der Waals surface area contributed by atoms with Gasteiger partial charge < -0.3 is 53.1 Å². The Morgan fingerprint density at radius 2 is 0.765 bits per heavy atom. The molecule has 0 unspecified atom stereocenters. The van der Waals surface area contributed by atoms with Crippen molar-refractivity contribution in [3.05, 3.63) is 215 Å². The standard InChI is InChI=1S/C56H61NO11/c1-40(58)57-49-52(63-35-44-26-14-5-15-27-44)50(61-33-42-22-10-3-11-23-42)47(38-60-32-41-20-8-2-9-21-41)68-56(49)66-39-48-51(62-34-43-24-12-4-13-25-43)53(64-36-45-28-16-6-17-29-45)54(55(59)67-48)65-37-46-30-18-7-19-31-46/h2-31,47-56,59H,32-39H2,1H3,(H,57,58)/t47-,48-,49-,50-,51-,52-,53+,54-,55-,56+/m1/s1. The smallest absolute Gasteiger partial charge is 0.217 e. The van der Waals surface area contributed by atoms with Crippen LogP contribution >= 0.6 is 0 Å². The van der Waals surface area contributed by atoms with Crippen LogP contribution in [0.3, 0.4) is 0 Å². The SMILES string of the molecule is CC(=O)N[C@H]1[C@@H](OC[C@H]2O[C@@H](O)[C@H](OCc3ccccc3)[C@@H](OCc3ccccc3)[C@@H]2OCc2ccccc2)O[C@H](COCc2ccccc2)[C@@H](OCc2ccccc2)[C@@H]1OCc1ccccc1. The summed E-state index contributed by atoms with van der Waals surface area (Å²) in [6.07, 6.45) is -8.26. The minimum atomic E-state index is -1.43. The number of hydrogen-bond acceptors (Lipinski definition) is 11. The van der Waals surface area contributed by atoms with Crippen molar-refractivity contribution in [3.8, 4) is 0 Å². The molecule has 0 saturated carbocycles. The molecule has 0 spiro atoms. The lowest BCUT2D eigenvalue weighted by Gasteiger charge is -2.47. The summed E-state index contributed by atoms with van der Waals surface area (Å²) in [6, 6.07) is 58.0. The quantitative estimate of drug-likeness (QED) is 0.0647. The van der Waals surface area contributed by atoms with Crippen LogP contribution in [-0.2, 0) is 87.1 Å². The van der Waals surface area contributed by atoms with E-state index in [9.17, 15) is 9.90 Å². The van der Waals surface area contributed by atoms with Crippen LogP contribution in [-0.4, -0.2) is 85.6 Å². The number of aliphatic hydroxyl groups is 1. The minimum absolute atomic E-state index is 0.115. The second kappa shape index (κ2) is 25.7. The van der Waals surface area contributed by atoms with Crippen LogP contribution in [0.5, 0.6) is 0 Å². The predicted molar refractivity (Wildman–Crippen MR) is 254 cm³/mol. The molecule has 0 aliphatic carbocycles. The Bertz CT molecular complexity index is 2330. The summed E-state index contributed by atoms with van der Waals surface area (Å²) in [5.74, 6) is -0.317. The highest BCUT2D eigenvalue weighted by Crippen LogP contribution is 2.33. The van der Waals surface area contributed by atoms with Crippen molar-refractivity contribution in [2.24, 2.45) is 0 Å². The van der Waals surface area contributed by atoms with Gasteiger partial charge in [0.15, 0.2) is 12.6 Å². The number of carbonyl (C=O) groups is 1. The fourth-order valence-corrected chi connectivity index (χ4v) is 8.46. The molecule has 8 rings (SSSR count). The van der Waals surface area contributed by atoms with Crippen molar-refractivity contribution in [3.63, 3.8) is 0 Å². The highest BCUT2D eigenvalue weighted by atomic mass is 16.7. The van der Waals surface area contributed by atoms with Crippen molar-refractivity contribution in [1.29, 1.82) is 0 Å². The van der Waals surface area contributed by atoms with Crippen LogP contribution in [0, 0.1) is 0 Å². The van der Waals surface area contributed by atoms with E-state index in [0.29, 0.717) is 6.61 Å². The van der Waals surface area contributed by atoms with Gasteiger partial charge >= 0.3 is 0 Å². The number of carbonyl (C=O) groups excluding carboxylic acids is 1. The maximum atomic E-state index is 13.2. The summed E-state index contributed by atoms with van der Waals surface area (Å²) in [7, 11) is 0. The van der Waals surface area contributed by atoms with E-state index < -0.39 is 61.3 Å². The number of benzene rings is 6. The van der Waals surface area contributed by atoms with Crippen LogP contribution in [0.2, 0.25) is 0 Å². The Morgan fingerprint density at radius 3 is 1.18 bits per heavy atom. The molecule has 2 saturated heterocycles. The van der Waals surface area contributed by atoms with Crippen LogP contribution in [0.4, 0.5) is 0 Å². The first kappa shape index (κ1) is 48.8. The molecule has 2 fully saturated rings. The Balaban J connectivity index is 1.09. The molecule has 68 heavy (non-hydrogen) atoms. The van der Waals surface area contributed by atoms with Crippen molar-refractivity contribution in [2.45, 2.75) is 108 Å². The molecule has 0 bridgehead atoms. The highest BCUT2D eigenvalue weighted by molar-refractivity contribution is 5.73. The van der Waals surface area contributed by atoms with Crippen LogP contribution in [0.25, 0.3) is 0 Å². The molecule has 12 heteroatoms. The summed E-state index contributed by atoms with van der Waals surface area (Å²) in [4.78, 5) is 13.2. The predicted octanol–water partition coefficient (Wildman–Crippen LogP) is 8.09. The third kappa shape index (κ3) is 14.2. The average Bonchev–Trinajstić information content (AvgIpc) is 3.38. The monoisotopic (exact) mass is 923 g/mol. The molecule has 2 heterocycles. The first-order valence-electron chi connectivity index (χ1n) is 23.2. The number of amides is 1. The molecule has 12 nitrogen and oxygen atoms in total. The summed E-state index contributed by atoms with van der Waals surface area (Å²) in [6.45, 7) is 2.83. The first-order chi connectivity index (χ1) is 33.5. The van der Waals surface area contributed by atoms with Crippen molar-refractivity contribution >= 4 is 5.91 Å². The number of ether oxygens (including phenoxy) is 9. The highest BCUT2D eigenvalue weighted by Gasteiger charge is 2.51. The maximum absolute atomic E-state index is 13.2. The van der Waals surface area contributed by atoms with Gasteiger partial charge in [0.2, 0.25) is 5.91 Å². The zero-order valence-corrected chi connectivity index (χ0v) is 38.3. The Hall–Kier alpha value is -5.61. The topological polar surface area (TPSA) is 132 Å². The third-order valence-electron chi connectivity index (χ3n) is 11.9. The molecule has 0 aromatic heterocycles. The van der Waals surface area contributed by atoms with E-state index in [1.165, 1.54) is 6.92 Å². The number of rotatable bonds is 23. The van der Waals surface area contributed by atoms with E-state index in [2.05, 4.69) is 5.32 Å². The van der Waals surface area contributed by atoms with Gasteiger partial charge in [-0.25, -0.2) is 0 Å². The van der Waals surface area contributed by atoms with Gasteiger partial charge in [-0.3, -0.25) is 4.79 Å². The van der Waals surface area contributed by atoms with Gasteiger partial charge in [0, 0.05) is 6.92 Å². The van der Waals surface area contributed by atoms with E-state index >= 15 is 0 Å². The summed E-state index contributed by atoms with van der Waals surface area (Å²) < 4.78 is 59.9. The Kier molecular flexibility index (Phi) is 18.4. The molecule has 2 aliphatic rings. The molecule has 356 valence electrons. The summed E-state index contributed by atoms with van der Waals surface area (Å²) in [5, 5.41) is 14.9. The lowest BCUT2D eigenvalue weighted by Crippen LogP contribution is -2.66. The van der Waals surface area contributed by atoms with Crippen molar-refractivity contribution in [1.82, 2.24) is 5.32 Å². The lowest BCUT2D eigenvalue weighted by atomic mass is 9.95. The molecular weight excluding hydrogens is 863 g/mol. The second-order valence-corrected chi connectivity index (χ2v) is 17.0. The van der Waals surface area contributed by atoms with E-state index in [4.69, 9.17) is 42.6 Å². The van der Waals surface area contributed by atoms with E-state index in [1.807, 2.05) is 182 Å². The molecule has 6 aromatic carbocycles. The zero-order valence-electron chi connectivity index (χ0n) is 38.3. The van der Waals surface area contributed by atoms with Crippen LogP contribution < -0.4 is 5.32 Å². The largest absolute Gasteiger partial charge is 0.374 e. The van der Waals surface area contributed by atoms with Gasteiger partial charge in [-0.15, -0.1) is 0 Å². The molecule has 0 radical (unpaired) electrons. The van der Waals surface area contributed by atoms with Gasteiger partial charge in [0.1, 0.15) is 48.8 Å². The zero-order chi connectivity index (χ0) is 46.8. The van der Waals surface area contributed by atoms with Gasteiger partial charge in [-0.1, -0.05) is 182 Å². The Labute approximate surface area is 399 Å². The van der Waals surface area contributed by atoms with E-state index in [1.54, 1.807) is 0 Å². The third-order valence-corrected chi connectivity index (χ3v) is 11.9. The summed E-state index contributed by atoms with van der Waals surface area (Å²) >= 11 is 0. The van der Waals surface area contributed by atoms with Gasteiger partial charge in [0.05, 0.1) is 52.9 Å². The van der Waals surface area contributed by atoms with E-state index in [-0.39, 0.29) is 52.2 Å². The van der Waals surface area contributed by atoms with Crippen molar-refractivity contribution < 1.29 is 52.5 Å². The minimum Gasteiger partial charge on any atom is -0.374 e. The fraction of sp³-hybridized carbons (Fsp3) is 0.339. The molecule has 10 atom stereocenters. The number of hydrogen-bond donors (Lipinski definition) is 2. The normalized spacial score (nSPS) is 24.9. The molecule has 2 aliphatic heterocycles. The number of aliphatic hydroxyl groups excluding tert-OH is 1.